The van der Waals surface area contributed by atoms with E-state index in [1.807, 2.05) is 6.07 Å². The van der Waals surface area contributed by atoms with Gasteiger partial charge in [0.1, 0.15) is 11.5 Å². The Morgan fingerprint density at radius 2 is 2.42 bits per heavy atom. The number of carbonyl (C=O) groups is 1. The molecule has 0 aromatic carbocycles. The van der Waals surface area contributed by atoms with Gasteiger partial charge < -0.3 is 9.47 Å². The largest absolute Gasteiger partial charge is 0.464 e. The number of methoxy groups -OCH3 is 1. The van der Waals surface area contributed by atoms with Gasteiger partial charge in [0, 0.05) is 13.0 Å². The minimum atomic E-state index is -0.390. The standard InChI is InChI=1S/C13H15N3O3/c1-18-13(17)10-5-2-6-11-14-15-12(16(10)11)8-9-4-3-7-19-9/h2,5-6,9H,3-4,7-8H2,1H3. The molecule has 19 heavy (non-hydrogen) atoms. The Bertz CT molecular complexity index is 602. The molecule has 0 bridgehead atoms. The highest BCUT2D eigenvalue weighted by Crippen LogP contribution is 2.18. The van der Waals surface area contributed by atoms with Crippen molar-refractivity contribution >= 4 is 11.6 Å². The molecule has 0 saturated carbocycles. The molecule has 0 radical (unpaired) electrons. The highest BCUT2D eigenvalue weighted by Gasteiger charge is 2.21. The van der Waals surface area contributed by atoms with E-state index in [1.165, 1.54) is 7.11 Å². The molecule has 2 aromatic rings. The molecule has 0 spiro atoms. The summed E-state index contributed by atoms with van der Waals surface area (Å²) in [6.07, 6.45) is 2.92. The third-order valence-corrected chi connectivity index (χ3v) is 3.32. The lowest BCUT2D eigenvalue weighted by molar-refractivity contribution is 0.0591. The second kappa shape index (κ2) is 4.97. The van der Waals surface area contributed by atoms with Crippen molar-refractivity contribution in [1.82, 2.24) is 14.6 Å². The maximum atomic E-state index is 11.8. The van der Waals surface area contributed by atoms with Crippen LogP contribution >= 0.6 is 0 Å². The molecule has 3 heterocycles. The molecule has 0 N–H and O–H groups in total. The van der Waals surface area contributed by atoms with Crippen LogP contribution in [0.5, 0.6) is 0 Å². The summed E-state index contributed by atoms with van der Waals surface area (Å²) in [5.41, 5.74) is 1.09. The Morgan fingerprint density at radius 1 is 1.53 bits per heavy atom. The number of rotatable bonds is 3. The summed E-state index contributed by atoms with van der Waals surface area (Å²) in [5, 5.41) is 8.25. The van der Waals surface area contributed by atoms with Crippen molar-refractivity contribution in [2.45, 2.75) is 25.4 Å². The SMILES string of the molecule is COC(=O)c1cccc2nnc(CC3CCCO3)n12. The highest BCUT2D eigenvalue weighted by atomic mass is 16.5. The van der Waals surface area contributed by atoms with Gasteiger partial charge in [0.2, 0.25) is 0 Å². The van der Waals surface area contributed by atoms with Gasteiger partial charge in [-0.3, -0.25) is 4.40 Å². The second-order valence-electron chi connectivity index (χ2n) is 4.55. The number of carbonyl (C=O) groups excluding carboxylic acids is 1. The molecule has 1 saturated heterocycles. The topological polar surface area (TPSA) is 65.7 Å². The number of aromatic nitrogens is 3. The molecule has 100 valence electrons. The van der Waals surface area contributed by atoms with Gasteiger partial charge in [-0.15, -0.1) is 10.2 Å². The van der Waals surface area contributed by atoms with Crippen LogP contribution in [0.4, 0.5) is 0 Å². The summed E-state index contributed by atoms with van der Waals surface area (Å²) in [6.45, 7) is 0.797. The van der Waals surface area contributed by atoms with Crippen molar-refractivity contribution in [3.63, 3.8) is 0 Å². The van der Waals surface area contributed by atoms with Crippen molar-refractivity contribution in [2.24, 2.45) is 0 Å². The van der Waals surface area contributed by atoms with E-state index >= 15 is 0 Å². The zero-order chi connectivity index (χ0) is 13.2. The lowest BCUT2D eigenvalue weighted by Crippen LogP contribution is -2.15. The number of hydrogen-bond acceptors (Lipinski definition) is 5. The molecule has 6 nitrogen and oxygen atoms in total. The number of fused-ring (bicyclic) bond motifs is 1. The second-order valence-corrected chi connectivity index (χ2v) is 4.55. The highest BCUT2D eigenvalue weighted by molar-refractivity contribution is 5.88. The molecule has 1 unspecified atom stereocenters. The first kappa shape index (κ1) is 12.1. The van der Waals surface area contributed by atoms with Gasteiger partial charge in [-0.25, -0.2) is 4.79 Å². The quantitative estimate of drug-likeness (QED) is 0.778. The molecule has 1 aliphatic heterocycles. The summed E-state index contributed by atoms with van der Waals surface area (Å²) in [6, 6.07) is 5.30. The normalized spacial score (nSPS) is 18.9. The predicted octanol–water partition coefficient (Wildman–Crippen LogP) is 1.24. The number of ether oxygens (including phenoxy) is 2. The van der Waals surface area contributed by atoms with Gasteiger partial charge in [-0.2, -0.15) is 0 Å². The van der Waals surface area contributed by atoms with E-state index in [1.54, 1.807) is 16.5 Å². The van der Waals surface area contributed by atoms with Crippen molar-refractivity contribution in [3.05, 3.63) is 29.7 Å². The molecule has 6 heteroatoms. The Kier molecular flexibility index (Phi) is 3.16. The molecule has 2 aromatic heterocycles. The lowest BCUT2D eigenvalue weighted by atomic mass is 10.2. The van der Waals surface area contributed by atoms with Crippen LogP contribution in [0.15, 0.2) is 18.2 Å². The third kappa shape index (κ3) is 2.19. The molecule has 1 atom stereocenters. The maximum absolute atomic E-state index is 11.8. The number of esters is 1. The average molecular weight is 261 g/mol. The average Bonchev–Trinajstić information content (AvgIpc) is 3.08. The van der Waals surface area contributed by atoms with Gasteiger partial charge in [-0.05, 0) is 25.0 Å². The van der Waals surface area contributed by atoms with Crippen molar-refractivity contribution in [2.75, 3.05) is 13.7 Å². The Labute approximate surface area is 110 Å². The van der Waals surface area contributed by atoms with E-state index < -0.39 is 0 Å². The van der Waals surface area contributed by atoms with Crippen LogP contribution in [0.3, 0.4) is 0 Å². The van der Waals surface area contributed by atoms with Crippen LogP contribution in [-0.2, 0) is 15.9 Å². The Balaban J connectivity index is 2.01. The minimum absolute atomic E-state index is 0.165. The van der Waals surface area contributed by atoms with E-state index in [0.717, 1.165) is 25.3 Å². The van der Waals surface area contributed by atoms with Crippen molar-refractivity contribution in [1.29, 1.82) is 0 Å². The van der Waals surface area contributed by atoms with E-state index in [9.17, 15) is 4.79 Å². The zero-order valence-corrected chi connectivity index (χ0v) is 10.7. The lowest BCUT2D eigenvalue weighted by Gasteiger charge is -2.09. The number of hydrogen-bond donors (Lipinski definition) is 0. The van der Waals surface area contributed by atoms with E-state index in [-0.39, 0.29) is 12.1 Å². The zero-order valence-electron chi connectivity index (χ0n) is 10.7. The predicted molar refractivity (Wildman–Crippen MR) is 67.0 cm³/mol. The van der Waals surface area contributed by atoms with Crippen LogP contribution in [-0.4, -0.2) is 40.4 Å². The van der Waals surface area contributed by atoms with Gasteiger partial charge in [0.25, 0.3) is 0 Å². The molecule has 1 aliphatic rings. The maximum Gasteiger partial charge on any atom is 0.355 e. The minimum Gasteiger partial charge on any atom is -0.464 e. The van der Waals surface area contributed by atoms with Gasteiger partial charge in [0.15, 0.2) is 5.65 Å². The smallest absolute Gasteiger partial charge is 0.355 e. The molecular weight excluding hydrogens is 246 g/mol. The van der Waals surface area contributed by atoms with Crippen molar-refractivity contribution < 1.29 is 14.3 Å². The summed E-state index contributed by atoms with van der Waals surface area (Å²) in [4.78, 5) is 11.8. The van der Waals surface area contributed by atoms with Crippen molar-refractivity contribution in [3.8, 4) is 0 Å². The summed E-state index contributed by atoms with van der Waals surface area (Å²) >= 11 is 0. The Hall–Kier alpha value is -1.95. The fourth-order valence-corrected chi connectivity index (χ4v) is 2.41. The van der Waals surface area contributed by atoms with Gasteiger partial charge in [0.05, 0.1) is 13.2 Å². The van der Waals surface area contributed by atoms with Crippen LogP contribution < -0.4 is 0 Å². The molecule has 3 rings (SSSR count). The van der Waals surface area contributed by atoms with Crippen LogP contribution in [0.1, 0.15) is 29.2 Å². The first-order valence-corrected chi connectivity index (χ1v) is 6.32. The number of pyridine rings is 1. The van der Waals surface area contributed by atoms with E-state index in [0.29, 0.717) is 17.8 Å². The summed E-state index contributed by atoms with van der Waals surface area (Å²) in [5.74, 6) is 0.349. The van der Waals surface area contributed by atoms with E-state index in [4.69, 9.17) is 9.47 Å². The van der Waals surface area contributed by atoms with Crippen LogP contribution in [0, 0.1) is 0 Å². The van der Waals surface area contributed by atoms with E-state index in [2.05, 4.69) is 10.2 Å². The molecule has 0 aliphatic carbocycles. The monoisotopic (exact) mass is 261 g/mol. The molecule has 0 amide bonds. The van der Waals surface area contributed by atoms with Crippen LogP contribution in [0.25, 0.3) is 5.65 Å². The molecule has 1 fully saturated rings. The first-order chi connectivity index (χ1) is 9.29. The number of nitrogens with zero attached hydrogens (tertiary/aromatic N) is 3. The van der Waals surface area contributed by atoms with Gasteiger partial charge >= 0.3 is 5.97 Å². The van der Waals surface area contributed by atoms with Gasteiger partial charge in [-0.1, -0.05) is 6.07 Å². The Morgan fingerprint density at radius 3 is 3.16 bits per heavy atom. The summed E-state index contributed by atoms with van der Waals surface area (Å²) < 4.78 is 12.1. The molecular formula is C13H15N3O3. The fraction of sp³-hybridized carbons (Fsp3) is 0.462. The third-order valence-electron chi connectivity index (χ3n) is 3.32. The summed E-state index contributed by atoms with van der Waals surface area (Å²) in [7, 11) is 1.37. The fourth-order valence-electron chi connectivity index (χ4n) is 2.41. The van der Waals surface area contributed by atoms with Crippen LogP contribution in [0.2, 0.25) is 0 Å². The first-order valence-electron chi connectivity index (χ1n) is 6.32.